The lowest BCUT2D eigenvalue weighted by Crippen LogP contribution is -2.29. The molecule has 2 N–H and O–H groups in total. The maximum Gasteiger partial charge on any atom is 0.0384 e. The van der Waals surface area contributed by atoms with Crippen molar-refractivity contribution >= 4 is 5.69 Å². The molecule has 0 atom stereocenters. The second kappa shape index (κ2) is 6.62. The normalized spacial score (nSPS) is 17.1. The van der Waals surface area contributed by atoms with Crippen LogP contribution in [-0.2, 0) is 6.54 Å². The number of rotatable bonds is 4. The zero-order chi connectivity index (χ0) is 14.7. The summed E-state index contributed by atoms with van der Waals surface area (Å²) >= 11 is 0. The smallest absolute Gasteiger partial charge is 0.0384 e. The maximum atomic E-state index is 6.37. The number of piperidine rings is 1. The number of nitrogen functional groups attached to an aromatic ring is 1. The van der Waals surface area contributed by atoms with Crippen LogP contribution in [0.3, 0.4) is 0 Å². The highest BCUT2D eigenvalue weighted by Gasteiger charge is 2.16. The first-order valence-electron chi connectivity index (χ1n) is 8.13. The lowest BCUT2D eigenvalue weighted by atomic mass is 9.90. The Balaban J connectivity index is 2.27. The van der Waals surface area contributed by atoms with E-state index in [1.165, 1.54) is 49.0 Å². The summed E-state index contributed by atoms with van der Waals surface area (Å²) in [6, 6.07) is 4.67. The van der Waals surface area contributed by atoms with Gasteiger partial charge in [0, 0.05) is 12.2 Å². The Hall–Kier alpha value is -1.02. The molecule has 112 valence electrons. The lowest BCUT2D eigenvalue weighted by molar-refractivity contribution is 0.221. The highest BCUT2D eigenvalue weighted by atomic mass is 15.1. The second-order valence-electron chi connectivity index (χ2n) is 6.83. The van der Waals surface area contributed by atoms with Crippen molar-refractivity contribution in [2.75, 3.05) is 18.8 Å². The highest BCUT2D eigenvalue weighted by Crippen LogP contribution is 2.32. The van der Waals surface area contributed by atoms with E-state index < -0.39 is 0 Å². The molecule has 2 nitrogen and oxygen atoms in total. The minimum atomic E-state index is 0.494. The molecule has 1 saturated heterocycles. The molecule has 0 radical (unpaired) electrons. The third-order valence-electron chi connectivity index (χ3n) is 4.40. The summed E-state index contributed by atoms with van der Waals surface area (Å²) in [5.41, 5.74) is 11.5. The van der Waals surface area contributed by atoms with Crippen LogP contribution in [0.5, 0.6) is 0 Å². The fourth-order valence-electron chi connectivity index (χ4n) is 3.19. The first kappa shape index (κ1) is 15.4. The molecule has 0 aromatic heterocycles. The molecule has 2 rings (SSSR count). The summed E-state index contributed by atoms with van der Waals surface area (Å²) in [6.07, 6.45) is 4.10. The Morgan fingerprint density at radius 2 is 1.45 bits per heavy atom. The Bertz CT molecular complexity index is 414. The molecule has 1 aliphatic rings. The van der Waals surface area contributed by atoms with E-state index in [0.717, 1.165) is 12.2 Å². The van der Waals surface area contributed by atoms with Gasteiger partial charge in [-0.15, -0.1) is 0 Å². The van der Waals surface area contributed by atoms with E-state index in [0.29, 0.717) is 11.8 Å². The van der Waals surface area contributed by atoms with Crippen molar-refractivity contribution in [1.82, 2.24) is 4.90 Å². The van der Waals surface area contributed by atoms with E-state index in [1.807, 2.05) is 0 Å². The van der Waals surface area contributed by atoms with Crippen LogP contribution in [0.1, 0.15) is 75.5 Å². The number of likely N-dealkylation sites (tertiary alicyclic amines) is 1. The number of hydrogen-bond acceptors (Lipinski definition) is 2. The predicted molar refractivity (Wildman–Crippen MR) is 88.2 cm³/mol. The van der Waals surface area contributed by atoms with Gasteiger partial charge >= 0.3 is 0 Å². The Labute approximate surface area is 124 Å². The van der Waals surface area contributed by atoms with E-state index in [9.17, 15) is 0 Å². The average molecular weight is 274 g/mol. The summed E-state index contributed by atoms with van der Waals surface area (Å²) in [4.78, 5) is 2.59. The van der Waals surface area contributed by atoms with Crippen molar-refractivity contribution in [3.8, 4) is 0 Å². The molecule has 0 saturated carbocycles. The maximum absolute atomic E-state index is 6.37. The van der Waals surface area contributed by atoms with Crippen molar-refractivity contribution in [3.05, 3.63) is 28.8 Å². The van der Waals surface area contributed by atoms with E-state index in [-0.39, 0.29) is 0 Å². The molecule has 1 heterocycles. The Morgan fingerprint density at radius 1 is 0.950 bits per heavy atom. The largest absolute Gasteiger partial charge is 0.398 e. The van der Waals surface area contributed by atoms with Crippen LogP contribution in [0.2, 0.25) is 0 Å². The van der Waals surface area contributed by atoms with E-state index in [4.69, 9.17) is 5.73 Å². The third kappa shape index (κ3) is 3.54. The fraction of sp³-hybridized carbons (Fsp3) is 0.667. The van der Waals surface area contributed by atoms with Gasteiger partial charge in [0.05, 0.1) is 0 Å². The molecule has 1 fully saturated rings. The molecule has 0 aliphatic carbocycles. The van der Waals surface area contributed by atoms with Crippen molar-refractivity contribution in [2.24, 2.45) is 0 Å². The zero-order valence-electron chi connectivity index (χ0n) is 13.6. The third-order valence-corrected chi connectivity index (χ3v) is 4.40. The molecular weight excluding hydrogens is 244 g/mol. The molecule has 1 aromatic rings. The number of nitrogens with two attached hydrogens (primary N) is 1. The predicted octanol–water partition coefficient (Wildman–Crippen LogP) is 4.50. The molecule has 2 heteroatoms. The van der Waals surface area contributed by atoms with Crippen LogP contribution in [0, 0.1) is 0 Å². The van der Waals surface area contributed by atoms with Crippen molar-refractivity contribution in [3.63, 3.8) is 0 Å². The quantitative estimate of drug-likeness (QED) is 0.819. The molecule has 0 amide bonds. The fourth-order valence-corrected chi connectivity index (χ4v) is 3.19. The first-order valence-corrected chi connectivity index (χ1v) is 8.13. The summed E-state index contributed by atoms with van der Waals surface area (Å²) in [6.45, 7) is 12.5. The first-order chi connectivity index (χ1) is 9.49. The molecule has 1 aromatic carbocycles. The molecule has 0 unspecified atom stereocenters. The van der Waals surface area contributed by atoms with Gasteiger partial charge in [-0.05, 0) is 54.5 Å². The molecular formula is C18H30N2. The minimum Gasteiger partial charge on any atom is -0.398 e. The van der Waals surface area contributed by atoms with Gasteiger partial charge in [-0.3, -0.25) is 4.90 Å². The number of benzene rings is 1. The van der Waals surface area contributed by atoms with Gasteiger partial charge < -0.3 is 5.73 Å². The second-order valence-corrected chi connectivity index (χ2v) is 6.83. The number of hydrogen-bond donors (Lipinski definition) is 1. The lowest BCUT2D eigenvalue weighted by Gasteiger charge is -2.27. The summed E-state index contributed by atoms with van der Waals surface area (Å²) in [5.74, 6) is 0.989. The van der Waals surface area contributed by atoms with Gasteiger partial charge in [-0.2, -0.15) is 0 Å². The monoisotopic (exact) mass is 274 g/mol. The van der Waals surface area contributed by atoms with Gasteiger partial charge in [-0.1, -0.05) is 46.2 Å². The van der Waals surface area contributed by atoms with E-state index in [2.05, 4.69) is 44.7 Å². The molecule has 0 spiro atoms. The van der Waals surface area contributed by atoms with Gasteiger partial charge in [0.2, 0.25) is 0 Å². The standard InChI is InChI=1S/C18H30N2/c1-13(2)16-10-15(11-17(14(3)4)18(16)19)12-20-8-6-5-7-9-20/h10-11,13-14H,5-9,12,19H2,1-4H3. The summed E-state index contributed by atoms with van der Waals surface area (Å²) < 4.78 is 0. The molecule has 1 aliphatic heterocycles. The Kier molecular flexibility index (Phi) is 5.09. The van der Waals surface area contributed by atoms with Crippen LogP contribution in [-0.4, -0.2) is 18.0 Å². The number of anilines is 1. The van der Waals surface area contributed by atoms with Gasteiger partial charge in [0.1, 0.15) is 0 Å². The van der Waals surface area contributed by atoms with Gasteiger partial charge in [0.15, 0.2) is 0 Å². The van der Waals surface area contributed by atoms with Crippen molar-refractivity contribution in [1.29, 1.82) is 0 Å². The Morgan fingerprint density at radius 3 is 1.90 bits per heavy atom. The van der Waals surface area contributed by atoms with Gasteiger partial charge in [-0.25, -0.2) is 0 Å². The van der Waals surface area contributed by atoms with Crippen molar-refractivity contribution < 1.29 is 0 Å². The molecule has 0 bridgehead atoms. The van der Waals surface area contributed by atoms with Crippen LogP contribution >= 0.6 is 0 Å². The van der Waals surface area contributed by atoms with E-state index in [1.54, 1.807) is 0 Å². The average Bonchev–Trinajstić information content (AvgIpc) is 2.41. The summed E-state index contributed by atoms with van der Waals surface area (Å²) in [7, 11) is 0. The van der Waals surface area contributed by atoms with Crippen LogP contribution in [0.15, 0.2) is 12.1 Å². The SMILES string of the molecule is CC(C)c1cc(CN2CCCCC2)cc(C(C)C)c1N. The van der Waals surface area contributed by atoms with Gasteiger partial charge in [0.25, 0.3) is 0 Å². The zero-order valence-corrected chi connectivity index (χ0v) is 13.6. The number of nitrogens with zero attached hydrogens (tertiary/aromatic N) is 1. The minimum absolute atomic E-state index is 0.494. The topological polar surface area (TPSA) is 29.3 Å². The highest BCUT2D eigenvalue weighted by molar-refractivity contribution is 5.58. The van der Waals surface area contributed by atoms with Crippen LogP contribution in [0.25, 0.3) is 0 Å². The van der Waals surface area contributed by atoms with Crippen molar-refractivity contribution in [2.45, 2.75) is 65.3 Å². The van der Waals surface area contributed by atoms with E-state index >= 15 is 0 Å². The van der Waals surface area contributed by atoms with Crippen LogP contribution in [0.4, 0.5) is 5.69 Å². The summed E-state index contributed by atoms with van der Waals surface area (Å²) in [5, 5.41) is 0. The molecule has 20 heavy (non-hydrogen) atoms. The van der Waals surface area contributed by atoms with Crippen LogP contribution < -0.4 is 5.73 Å².